The first-order valence-corrected chi connectivity index (χ1v) is 5.58. The van der Waals surface area contributed by atoms with Crippen molar-refractivity contribution < 1.29 is 9.47 Å². The Morgan fingerprint density at radius 2 is 2.00 bits per heavy atom. The van der Waals surface area contributed by atoms with Crippen molar-refractivity contribution in [2.75, 3.05) is 18.5 Å². The first-order chi connectivity index (χ1) is 5.64. The van der Waals surface area contributed by atoms with Crippen molar-refractivity contribution in [3.05, 3.63) is 0 Å². The summed E-state index contributed by atoms with van der Waals surface area (Å²) < 4.78 is 11.0. The lowest BCUT2D eigenvalue weighted by Crippen LogP contribution is -2.28. The molecule has 0 aromatic heterocycles. The van der Waals surface area contributed by atoms with Crippen LogP contribution in [0.5, 0.6) is 0 Å². The second kappa shape index (κ2) is 4.58. The van der Waals surface area contributed by atoms with E-state index in [1.807, 2.05) is 0 Å². The van der Waals surface area contributed by atoms with Gasteiger partial charge in [0.25, 0.3) is 0 Å². The highest BCUT2D eigenvalue weighted by molar-refractivity contribution is 9.09. The van der Waals surface area contributed by atoms with Gasteiger partial charge in [-0.1, -0.05) is 15.9 Å². The molecule has 1 rings (SSSR count). The molecule has 0 aliphatic heterocycles. The van der Waals surface area contributed by atoms with Gasteiger partial charge in [0.15, 0.2) is 0 Å². The minimum atomic E-state index is -0.0626. The fraction of sp³-hybridized carbons (Fsp3) is 1.00. The molecule has 1 fully saturated rings. The van der Waals surface area contributed by atoms with Gasteiger partial charge in [-0.05, 0) is 26.7 Å². The summed E-state index contributed by atoms with van der Waals surface area (Å²) in [7, 11) is 0. The van der Waals surface area contributed by atoms with Gasteiger partial charge in [-0.25, -0.2) is 0 Å². The lowest BCUT2D eigenvalue weighted by molar-refractivity contribution is -0.0344. The Morgan fingerprint density at radius 3 is 2.50 bits per heavy atom. The van der Waals surface area contributed by atoms with E-state index in [1.54, 1.807) is 0 Å². The van der Waals surface area contributed by atoms with Gasteiger partial charge in [-0.15, -0.1) is 0 Å². The van der Waals surface area contributed by atoms with Crippen LogP contribution in [0.1, 0.15) is 26.7 Å². The second-order valence-corrected chi connectivity index (χ2v) is 4.37. The third-order valence-corrected chi connectivity index (χ3v) is 3.13. The van der Waals surface area contributed by atoms with E-state index in [0.717, 1.165) is 11.9 Å². The van der Waals surface area contributed by atoms with Gasteiger partial charge < -0.3 is 9.47 Å². The van der Waals surface area contributed by atoms with Crippen molar-refractivity contribution in [1.29, 1.82) is 0 Å². The summed E-state index contributed by atoms with van der Waals surface area (Å²) in [6.07, 6.45) is 3.02. The van der Waals surface area contributed by atoms with Crippen molar-refractivity contribution in [3.8, 4) is 0 Å². The van der Waals surface area contributed by atoms with Crippen LogP contribution in [-0.4, -0.2) is 30.2 Å². The lowest BCUT2D eigenvalue weighted by atomic mass is 10.2. The molecule has 0 aromatic rings. The maximum absolute atomic E-state index is 5.58. The summed E-state index contributed by atoms with van der Waals surface area (Å²) in [6, 6.07) is 0. The molecule has 3 heteroatoms. The van der Waals surface area contributed by atoms with Crippen LogP contribution in [0.2, 0.25) is 0 Å². The van der Waals surface area contributed by atoms with Crippen LogP contribution in [0, 0.1) is 0 Å². The molecular formula is C9H17BrO2. The Labute approximate surface area is 82.7 Å². The molecule has 0 spiro atoms. The van der Waals surface area contributed by atoms with E-state index in [1.165, 1.54) is 12.8 Å². The maximum atomic E-state index is 5.58. The molecule has 1 aliphatic rings. The van der Waals surface area contributed by atoms with E-state index in [9.17, 15) is 0 Å². The highest BCUT2D eigenvalue weighted by Crippen LogP contribution is 2.23. The van der Waals surface area contributed by atoms with E-state index < -0.39 is 0 Å². The Hall–Kier alpha value is 0.400. The highest BCUT2D eigenvalue weighted by Gasteiger charge is 2.22. The molecule has 0 heterocycles. The van der Waals surface area contributed by atoms with Crippen LogP contribution < -0.4 is 0 Å². The molecule has 2 nitrogen and oxygen atoms in total. The third-order valence-electron chi connectivity index (χ3n) is 1.78. The molecule has 0 atom stereocenters. The molecule has 0 N–H and O–H groups in total. The quantitative estimate of drug-likeness (QED) is 0.521. The van der Waals surface area contributed by atoms with Crippen molar-refractivity contribution in [3.63, 3.8) is 0 Å². The van der Waals surface area contributed by atoms with Crippen LogP contribution in [0.25, 0.3) is 0 Å². The zero-order valence-corrected chi connectivity index (χ0v) is 9.39. The molecule has 12 heavy (non-hydrogen) atoms. The average Bonchev–Trinajstić information content (AvgIpc) is 2.82. The maximum Gasteiger partial charge on any atom is 0.0724 e. The summed E-state index contributed by atoms with van der Waals surface area (Å²) in [5.41, 5.74) is -0.0626. The van der Waals surface area contributed by atoms with Gasteiger partial charge in [-0.2, -0.15) is 0 Å². The van der Waals surface area contributed by atoms with Crippen molar-refractivity contribution >= 4 is 15.9 Å². The first kappa shape index (κ1) is 10.5. The molecule has 72 valence electrons. The number of rotatable bonds is 6. The number of hydrogen-bond donors (Lipinski definition) is 0. The van der Waals surface area contributed by atoms with Crippen LogP contribution in [-0.2, 0) is 9.47 Å². The Balaban J connectivity index is 1.92. The van der Waals surface area contributed by atoms with Crippen LogP contribution in [0.4, 0.5) is 0 Å². The molecule has 0 aromatic carbocycles. The van der Waals surface area contributed by atoms with Crippen molar-refractivity contribution in [1.82, 2.24) is 0 Å². The topological polar surface area (TPSA) is 18.5 Å². The molecule has 0 bridgehead atoms. The predicted molar refractivity (Wildman–Crippen MR) is 52.8 cm³/mol. The van der Waals surface area contributed by atoms with E-state index in [4.69, 9.17) is 9.47 Å². The molecule has 0 saturated heterocycles. The van der Waals surface area contributed by atoms with Crippen LogP contribution in [0.15, 0.2) is 0 Å². The van der Waals surface area contributed by atoms with E-state index in [0.29, 0.717) is 12.7 Å². The SMILES string of the molecule is CC(C)(CBr)OCCOC1CC1. The van der Waals surface area contributed by atoms with E-state index in [-0.39, 0.29) is 5.60 Å². The zero-order chi connectivity index (χ0) is 9.03. The van der Waals surface area contributed by atoms with Gasteiger partial charge in [0, 0.05) is 5.33 Å². The minimum absolute atomic E-state index is 0.0626. The summed E-state index contributed by atoms with van der Waals surface area (Å²) in [6.45, 7) is 5.58. The summed E-state index contributed by atoms with van der Waals surface area (Å²) in [5.74, 6) is 0. The number of alkyl halides is 1. The fourth-order valence-corrected chi connectivity index (χ4v) is 0.968. The molecule has 0 unspecified atom stereocenters. The zero-order valence-electron chi connectivity index (χ0n) is 7.81. The summed E-state index contributed by atoms with van der Waals surface area (Å²) in [4.78, 5) is 0. The second-order valence-electron chi connectivity index (χ2n) is 3.81. The third kappa shape index (κ3) is 4.43. The molecule has 0 amide bonds. The largest absolute Gasteiger partial charge is 0.376 e. The molecule has 1 aliphatic carbocycles. The van der Waals surface area contributed by atoms with Gasteiger partial charge in [0.05, 0.1) is 24.9 Å². The Kier molecular flexibility index (Phi) is 4.00. The predicted octanol–water partition coefficient (Wildman–Crippen LogP) is 2.36. The Morgan fingerprint density at radius 1 is 1.33 bits per heavy atom. The van der Waals surface area contributed by atoms with Crippen molar-refractivity contribution in [2.24, 2.45) is 0 Å². The minimum Gasteiger partial charge on any atom is -0.376 e. The Bertz CT molecular complexity index is 132. The normalized spacial score (nSPS) is 18.2. The van der Waals surface area contributed by atoms with Gasteiger partial charge >= 0.3 is 0 Å². The average molecular weight is 237 g/mol. The number of hydrogen-bond acceptors (Lipinski definition) is 2. The van der Waals surface area contributed by atoms with E-state index >= 15 is 0 Å². The molecular weight excluding hydrogens is 220 g/mol. The first-order valence-electron chi connectivity index (χ1n) is 4.45. The van der Waals surface area contributed by atoms with Gasteiger partial charge in [-0.3, -0.25) is 0 Å². The lowest BCUT2D eigenvalue weighted by Gasteiger charge is -2.22. The van der Waals surface area contributed by atoms with Crippen LogP contribution >= 0.6 is 15.9 Å². The standard InChI is InChI=1S/C9H17BrO2/c1-9(2,7-10)12-6-5-11-8-3-4-8/h8H,3-7H2,1-2H3. The number of halogens is 1. The monoisotopic (exact) mass is 236 g/mol. The van der Waals surface area contributed by atoms with E-state index in [2.05, 4.69) is 29.8 Å². The molecule has 1 saturated carbocycles. The van der Waals surface area contributed by atoms with Gasteiger partial charge in [0.1, 0.15) is 0 Å². The highest BCUT2D eigenvalue weighted by atomic mass is 79.9. The summed E-state index contributed by atoms with van der Waals surface area (Å²) >= 11 is 3.40. The van der Waals surface area contributed by atoms with Crippen molar-refractivity contribution in [2.45, 2.75) is 38.4 Å². The fourth-order valence-electron chi connectivity index (χ4n) is 0.806. The van der Waals surface area contributed by atoms with Gasteiger partial charge in [0.2, 0.25) is 0 Å². The summed E-state index contributed by atoms with van der Waals surface area (Å²) in [5, 5.41) is 0.865. The van der Waals surface area contributed by atoms with Crippen LogP contribution in [0.3, 0.4) is 0 Å². The molecule has 0 radical (unpaired) electrons. The number of ether oxygens (including phenoxy) is 2. The smallest absolute Gasteiger partial charge is 0.0724 e.